The van der Waals surface area contributed by atoms with Crippen LogP contribution in [0.2, 0.25) is 0 Å². The maximum absolute atomic E-state index is 5.23. The van der Waals surface area contributed by atoms with Gasteiger partial charge in [-0.15, -0.1) is 11.3 Å². The van der Waals surface area contributed by atoms with E-state index in [2.05, 4.69) is 25.6 Å². The van der Waals surface area contributed by atoms with Gasteiger partial charge in [0.1, 0.15) is 6.33 Å². The first-order valence-electron chi connectivity index (χ1n) is 6.28. The number of methoxy groups -OCH3 is 2. The fraction of sp³-hybridized carbons (Fsp3) is 0.462. The van der Waals surface area contributed by atoms with E-state index in [1.165, 1.54) is 6.33 Å². The van der Waals surface area contributed by atoms with Gasteiger partial charge in [0, 0.05) is 30.6 Å². The Hall–Kier alpha value is -1.73. The van der Waals surface area contributed by atoms with E-state index in [0.29, 0.717) is 18.3 Å². The number of nitrogens with one attached hydrogen (secondary N) is 1. The highest BCUT2D eigenvalue weighted by Crippen LogP contribution is 2.22. The van der Waals surface area contributed by atoms with Gasteiger partial charge in [-0.3, -0.25) is 0 Å². The molecular formula is C13H18N4O2S. The standard InChI is InChI=1S/C13H18N4O2S/c1-9-7-20-11(17-9)4-5-14-6-10-12(18-2)15-8-16-13(10)19-3/h7-8,14H,4-6H2,1-3H3. The molecule has 0 atom stereocenters. The molecule has 0 radical (unpaired) electrons. The molecule has 0 unspecified atom stereocenters. The van der Waals surface area contributed by atoms with Crippen LogP contribution in [0, 0.1) is 6.92 Å². The van der Waals surface area contributed by atoms with Crippen molar-refractivity contribution in [1.82, 2.24) is 20.3 Å². The molecule has 20 heavy (non-hydrogen) atoms. The molecule has 0 aliphatic heterocycles. The molecule has 1 N–H and O–H groups in total. The second-order valence-electron chi connectivity index (χ2n) is 4.18. The lowest BCUT2D eigenvalue weighted by atomic mass is 10.3. The highest BCUT2D eigenvalue weighted by atomic mass is 32.1. The Morgan fingerprint density at radius 2 is 1.90 bits per heavy atom. The smallest absolute Gasteiger partial charge is 0.224 e. The molecule has 0 spiro atoms. The van der Waals surface area contributed by atoms with Crippen LogP contribution in [0.25, 0.3) is 0 Å². The number of hydrogen-bond acceptors (Lipinski definition) is 7. The Morgan fingerprint density at radius 1 is 1.20 bits per heavy atom. The molecule has 2 aromatic rings. The van der Waals surface area contributed by atoms with E-state index in [1.807, 2.05) is 6.92 Å². The van der Waals surface area contributed by atoms with Crippen molar-refractivity contribution < 1.29 is 9.47 Å². The highest BCUT2D eigenvalue weighted by Gasteiger charge is 2.12. The number of ether oxygens (including phenoxy) is 2. The molecule has 7 heteroatoms. The predicted octanol–water partition coefficient (Wildman–Crippen LogP) is 1.59. The van der Waals surface area contributed by atoms with Gasteiger partial charge in [-0.1, -0.05) is 0 Å². The summed E-state index contributed by atoms with van der Waals surface area (Å²) in [6, 6.07) is 0. The van der Waals surface area contributed by atoms with E-state index < -0.39 is 0 Å². The lowest BCUT2D eigenvalue weighted by molar-refractivity contribution is 0.359. The monoisotopic (exact) mass is 294 g/mol. The maximum Gasteiger partial charge on any atom is 0.224 e. The molecule has 0 aromatic carbocycles. The van der Waals surface area contributed by atoms with E-state index in [1.54, 1.807) is 25.6 Å². The second kappa shape index (κ2) is 7.16. The average Bonchev–Trinajstić information content (AvgIpc) is 2.89. The number of hydrogen-bond donors (Lipinski definition) is 1. The number of rotatable bonds is 7. The zero-order valence-electron chi connectivity index (χ0n) is 11.8. The average molecular weight is 294 g/mol. The van der Waals surface area contributed by atoms with Crippen LogP contribution >= 0.6 is 11.3 Å². The lowest BCUT2D eigenvalue weighted by Gasteiger charge is -2.11. The molecule has 0 amide bonds. The molecule has 0 saturated heterocycles. The largest absolute Gasteiger partial charge is 0.481 e. The van der Waals surface area contributed by atoms with Crippen LogP contribution in [-0.4, -0.2) is 35.7 Å². The summed E-state index contributed by atoms with van der Waals surface area (Å²) in [5, 5.41) is 6.53. The van der Waals surface area contributed by atoms with Gasteiger partial charge in [0.05, 0.1) is 24.8 Å². The SMILES string of the molecule is COc1ncnc(OC)c1CNCCc1nc(C)cs1. The Bertz CT molecular complexity index is 537. The van der Waals surface area contributed by atoms with E-state index in [4.69, 9.17) is 9.47 Å². The Morgan fingerprint density at radius 3 is 2.45 bits per heavy atom. The summed E-state index contributed by atoms with van der Waals surface area (Å²) in [6.07, 6.45) is 2.33. The number of thiazole rings is 1. The first-order chi connectivity index (χ1) is 9.74. The zero-order chi connectivity index (χ0) is 14.4. The molecule has 108 valence electrons. The van der Waals surface area contributed by atoms with E-state index in [-0.39, 0.29) is 0 Å². The normalized spacial score (nSPS) is 10.6. The summed E-state index contributed by atoms with van der Waals surface area (Å²) in [5.41, 5.74) is 1.90. The van der Waals surface area contributed by atoms with Crippen molar-refractivity contribution >= 4 is 11.3 Å². The van der Waals surface area contributed by atoms with Gasteiger partial charge in [0.25, 0.3) is 0 Å². The van der Waals surface area contributed by atoms with Gasteiger partial charge in [-0.2, -0.15) is 0 Å². The molecule has 6 nitrogen and oxygen atoms in total. The third-order valence-electron chi connectivity index (χ3n) is 2.74. The van der Waals surface area contributed by atoms with Crippen LogP contribution in [0.15, 0.2) is 11.7 Å². The third-order valence-corrected chi connectivity index (χ3v) is 3.76. The molecule has 0 aliphatic carbocycles. The van der Waals surface area contributed by atoms with Crippen LogP contribution in [-0.2, 0) is 13.0 Å². The molecule has 0 saturated carbocycles. The number of aromatic nitrogens is 3. The van der Waals surface area contributed by atoms with Crippen molar-refractivity contribution in [3.05, 3.63) is 28.0 Å². The van der Waals surface area contributed by atoms with Crippen LogP contribution in [0.3, 0.4) is 0 Å². The molecule has 2 heterocycles. The van der Waals surface area contributed by atoms with Crippen molar-refractivity contribution in [2.75, 3.05) is 20.8 Å². The number of nitrogens with zero attached hydrogens (tertiary/aromatic N) is 3. The summed E-state index contributed by atoms with van der Waals surface area (Å²) in [6.45, 7) is 3.43. The van der Waals surface area contributed by atoms with Crippen molar-refractivity contribution in [3.63, 3.8) is 0 Å². The molecule has 2 aromatic heterocycles. The first kappa shape index (κ1) is 14.7. The third kappa shape index (κ3) is 3.64. The van der Waals surface area contributed by atoms with Crippen LogP contribution in [0.5, 0.6) is 11.8 Å². The van der Waals surface area contributed by atoms with Crippen molar-refractivity contribution in [2.24, 2.45) is 0 Å². The summed E-state index contributed by atoms with van der Waals surface area (Å²) in [7, 11) is 3.17. The van der Waals surface area contributed by atoms with Gasteiger partial charge in [0.15, 0.2) is 0 Å². The second-order valence-corrected chi connectivity index (χ2v) is 5.12. The van der Waals surface area contributed by atoms with Gasteiger partial charge in [0.2, 0.25) is 11.8 Å². The predicted molar refractivity (Wildman–Crippen MR) is 77.4 cm³/mol. The number of aryl methyl sites for hydroxylation is 1. The fourth-order valence-corrected chi connectivity index (χ4v) is 2.59. The van der Waals surface area contributed by atoms with Crippen LogP contribution < -0.4 is 14.8 Å². The van der Waals surface area contributed by atoms with Crippen molar-refractivity contribution in [3.8, 4) is 11.8 Å². The highest BCUT2D eigenvalue weighted by molar-refractivity contribution is 7.09. The van der Waals surface area contributed by atoms with E-state index >= 15 is 0 Å². The fourth-order valence-electron chi connectivity index (χ4n) is 1.81. The van der Waals surface area contributed by atoms with E-state index in [9.17, 15) is 0 Å². The summed E-state index contributed by atoms with van der Waals surface area (Å²) < 4.78 is 10.5. The quantitative estimate of drug-likeness (QED) is 0.782. The maximum atomic E-state index is 5.23. The topological polar surface area (TPSA) is 69.2 Å². The minimum atomic E-state index is 0.537. The summed E-state index contributed by atoms with van der Waals surface area (Å²) in [4.78, 5) is 12.6. The zero-order valence-corrected chi connectivity index (χ0v) is 12.7. The van der Waals surface area contributed by atoms with Gasteiger partial charge in [-0.25, -0.2) is 15.0 Å². The molecule has 0 fully saturated rings. The summed E-state index contributed by atoms with van der Waals surface area (Å²) in [5.74, 6) is 1.07. The Kier molecular flexibility index (Phi) is 5.25. The molecule has 0 aliphatic rings. The molecular weight excluding hydrogens is 276 g/mol. The minimum absolute atomic E-state index is 0.537. The first-order valence-corrected chi connectivity index (χ1v) is 7.16. The van der Waals surface area contributed by atoms with Gasteiger partial charge < -0.3 is 14.8 Å². The summed E-state index contributed by atoms with van der Waals surface area (Å²) >= 11 is 1.69. The minimum Gasteiger partial charge on any atom is -0.481 e. The van der Waals surface area contributed by atoms with Crippen molar-refractivity contribution in [1.29, 1.82) is 0 Å². The Labute approximate surface area is 122 Å². The van der Waals surface area contributed by atoms with Gasteiger partial charge >= 0.3 is 0 Å². The molecule has 0 bridgehead atoms. The van der Waals surface area contributed by atoms with Crippen molar-refractivity contribution in [2.45, 2.75) is 19.9 Å². The molecule has 2 rings (SSSR count). The van der Waals surface area contributed by atoms with Gasteiger partial charge in [-0.05, 0) is 6.92 Å². The Balaban J connectivity index is 1.90. The lowest BCUT2D eigenvalue weighted by Crippen LogP contribution is -2.18. The van der Waals surface area contributed by atoms with Crippen LogP contribution in [0.1, 0.15) is 16.3 Å². The van der Waals surface area contributed by atoms with E-state index in [0.717, 1.165) is 29.2 Å². The van der Waals surface area contributed by atoms with Crippen LogP contribution in [0.4, 0.5) is 0 Å².